The summed E-state index contributed by atoms with van der Waals surface area (Å²) in [6, 6.07) is 2.20. The first-order valence-electron chi connectivity index (χ1n) is 5.85. The van der Waals surface area contributed by atoms with Gasteiger partial charge in [0.1, 0.15) is 6.73 Å². The molecule has 0 atom stereocenters. The lowest BCUT2D eigenvalue weighted by molar-refractivity contribution is 0.0781. The van der Waals surface area contributed by atoms with Crippen LogP contribution in [0.2, 0.25) is 25.7 Å². The van der Waals surface area contributed by atoms with Crippen molar-refractivity contribution in [2.45, 2.75) is 39.0 Å². The van der Waals surface area contributed by atoms with E-state index in [1.807, 2.05) is 0 Å². The van der Waals surface area contributed by atoms with E-state index in [0.717, 1.165) is 6.04 Å². The number of nitrogens with one attached hydrogen (secondary N) is 1. The van der Waals surface area contributed by atoms with Crippen LogP contribution >= 0.6 is 0 Å². The SMILES string of the molecule is C[Si](C)(C)CCOCn1c(CO)cc(=O)[nH]c1=O. The monoisotopic (exact) mass is 272 g/mol. The van der Waals surface area contributed by atoms with Crippen molar-refractivity contribution in [1.29, 1.82) is 0 Å². The molecule has 0 radical (unpaired) electrons. The van der Waals surface area contributed by atoms with Gasteiger partial charge in [-0.1, -0.05) is 19.6 Å². The highest BCUT2D eigenvalue weighted by Gasteiger charge is 2.12. The lowest BCUT2D eigenvalue weighted by atomic mass is 10.4. The second-order valence-electron chi connectivity index (χ2n) is 5.36. The second-order valence-corrected chi connectivity index (χ2v) is 11.0. The molecule has 0 saturated carbocycles. The Kier molecular flexibility index (Phi) is 5.06. The standard InChI is InChI=1S/C11H20N2O4Si/c1-18(2,3)5-4-17-8-13-9(7-14)6-10(15)12-11(13)16/h6,14H,4-5,7-8H2,1-3H3,(H,12,15,16). The van der Waals surface area contributed by atoms with E-state index in [0.29, 0.717) is 6.61 Å². The fourth-order valence-electron chi connectivity index (χ4n) is 1.38. The number of rotatable bonds is 6. The molecule has 0 spiro atoms. The quantitative estimate of drug-likeness (QED) is 0.578. The van der Waals surface area contributed by atoms with E-state index in [4.69, 9.17) is 9.84 Å². The van der Waals surface area contributed by atoms with Gasteiger partial charge in [-0.3, -0.25) is 14.3 Å². The van der Waals surface area contributed by atoms with Crippen molar-refractivity contribution < 1.29 is 9.84 Å². The second kappa shape index (κ2) is 6.12. The van der Waals surface area contributed by atoms with Gasteiger partial charge in [-0.15, -0.1) is 0 Å². The molecule has 0 saturated heterocycles. The normalized spacial score (nSPS) is 11.8. The summed E-state index contributed by atoms with van der Waals surface area (Å²) in [4.78, 5) is 24.7. The zero-order valence-electron chi connectivity index (χ0n) is 11.0. The molecular weight excluding hydrogens is 252 g/mol. The number of aromatic nitrogens is 2. The Morgan fingerprint density at radius 2 is 2.06 bits per heavy atom. The summed E-state index contributed by atoms with van der Waals surface area (Å²) >= 11 is 0. The van der Waals surface area contributed by atoms with Gasteiger partial charge in [-0.25, -0.2) is 4.79 Å². The fourth-order valence-corrected chi connectivity index (χ4v) is 2.13. The molecule has 0 amide bonds. The minimum Gasteiger partial charge on any atom is -0.390 e. The van der Waals surface area contributed by atoms with E-state index in [9.17, 15) is 9.59 Å². The van der Waals surface area contributed by atoms with Gasteiger partial charge in [-0.2, -0.15) is 0 Å². The van der Waals surface area contributed by atoms with Gasteiger partial charge in [0.15, 0.2) is 0 Å². The molecule has 0 fully saturated rings. The Morgan fingerprint density at radius 3 is 2.61 bits per heavy atom. The molecule has 0 aromatic carbocycles. The van der Waals surface area contributed by atoms with E-state index in [-0.39, 0.29) is 19.0 Å². The van der Waals surface area contributed by atoms with E-state index in [2.05, 4.69) is 24.6 Å². The maximum atomic E-state index is 11.5. The average molecular weight is 272 g/mol. The van der Waals surface area contributed by atoms with Gasteiger partial charge in [0, 0.05) is 20.7 Å². The summed E-state index contributed by atoms with van der Waals surface area (Å²) in [5, 5.41) is 9.09. The molecule has 102 valence electrons. The minimum absolute atomic E-state index is 0.0516. The van der Waals surface area contributed by atoms with Crippen LogP contribution in [0, 0.1) is 0 Å². The molecule has 0 aliphatic carbocycles. The van der Waals surface area contributed by atoms with Crippen LogP contribution in [0.25, 0.3) is 0 Å². The molecule has 7 heteroatoms. The van der Waals surface area contributed by atoms with Gasteiger partial charge in [0.05, 0.1) is 12.3 Å². The van der Waals surface area contributed by atoms with Crippen molar-refractivity contribution in [2.24, 2.45) is 0 Å². The third kappa shape index (κ3) is 4.59. The lowest BCUT2D eigenvalue weighted by Gasteiger charge is -2.16. The number of hydrogen-bond donors (Lipinski definition) is 2. The summed E-state index contributed by atoms with van der Waals surface area (Å²) in [7, 11) is -1.16. The summed E-state index contributed by atoms with van der Waals surface area (Å²) < 4.78 is 6.65. The summed E-state index contributed by atoms with van der Waals surface area (Å²) in [6.07, 6.45) is 0. The number of aromatic amines is 1. The maximum Gasteiger partial charge on any atom is 0.330 e. The zero-order valence-corrected chi connectivity index (χ0v) is 12.0. The van der Waals surface area contributed by atoms with Gasteiger partial charge < -0.3 is 9.84 Å². The number of ether oxygens (including phenoxy) is 1. The van der Waals surface area contributed by atoms with Crippen LogP contribution in [0.1, 0.15) is 5.69 Å². The first-order valence-corrected chi connectivity index (χ1v) is 9.56. The number of aliphatic hydroxyl groups is 1. The Labute approximate surface area is 106 Å². The third-order valence-corrected chi connectivity index (χ3v) is 4.20. The third-order valence-electron chi connectivity index (χ3n) is 2.50. The molecule has 0 bridgehead atoms. The molecule has 1 rings (SSSR count). The van der Waals surface area contributed by atoms with Crippen molar-refractivity contribution in [3.8, 4) is 0 Å². The van der Waals surface area contributed by atoms with E-state index >= 15 is 0 Å². The Bertz CT molecular complexity index is 501. The van der Waals surface area contributed by atoms with Crippen LogP contribution in [0.15, 0.2) is 15.7 Å². The summed E-state index contributed by atoms with van der Waals surface area (Å²) in [6.45, 7) is 6.98. The van der Waals surface area contributed by atoms with Crippen LogP contribution < -0.4 is 11.2 Å². The molecule has 0 aliphatic heterocycles. The Morgan fingerprint density at radius 1 is 1.39 bits per heavy atom. The van der Waals surface area contributed by atoms with E-state index in [1.54, 1.807) is 0 Å². The Balaban J connectivity index is 2.68. The molecule has 18 heavy (non-hydrogen) atoms. The molecule has 0 aliphatic rings. The number of hydrogen-bond acceptors (Lipinski definition) is 4. The summed E-state index contributed by atoms with van der Waals surface area (Å²) in [5.41, 5.74) is -0.807. The smallest absolute Gasteiger partial charge is 0.330 e. The van der Waals surface area contributed by atoms with Gasteiger partial charge in [0.25, 0.3) is 5.56 Å². The average Bonchev–Trinajstić information content (AvgIpc) is 2.24. The molecule has 1 heterocycles. The predicted molar refractivity (Wildman–Crippen MR) is 71.4 cm³/mol. The van der Waals surface area contributed by atoms with Crippen molar-refractivity contribution in [3.63, 3.8) is 0 Å². The number of aliphatic hydroxyl groups excluding tert-OH is 1. The molecule has 1 aromatic rings. The van der Waals surface area contributed by atoms with Gasteiger partial charge in [-0.05, 0) is 6.04 Å². The molecule has 0 unspecified atom stereocenters. The van der Waals surface area contributed by atoms with Crippen LogP contribution in [-0.4, -0.2) is 29.3 Å². The summed E-state index contributed by atoms with van der Waals surface area (Å²) in [5.74, 6) is 0. The van der Waals surface area contributed by atoms with E-state index in [1.165, 1.54) is 10.6 Å². The highest BCUT2D eigenvalue weighted by atomic mass is 28.3. The van der Waals surface area contributed by atoms with Crippen LogP contribution in [0.5, 0.6) is 0 Å². The van der Waals surface area contributed by atoms with Gasteiger partial charge in [0.2, 0.25) is 0 Å². The lowest BCUT2D eigenvalue weighted by Crippen LogP contribution is -2.33. The largest absolute Gasteiger partial charge is 0.390 e. The highest BCUT2D eigenvalue weighted by molar-refractivity contribution is 6.76. The van der Waals surface area contributed by atoms with Crippen molar-refractivity contribution in [1.82, 2.24) is 9.55 Å². The number of H-pyrrole nitrogens is 1. The fraction of sp³-hybridized carbons (Fsp3) is 0.636. The van der Waals surface area contributed by atoms with Gasteiger partial charge >= 0.3 is 5.69 Å². The van der Waals surface area contributed by atoms with Crippen LogP contribution in [0.3, 0.4) is 0 Å². The molecule has 2 N–H and O–H groups in total. The highest BCUT2D eigenvalue weighted by Crippen LogP contribution is 2.07. The van der Waals surface area contributed by atoms with Crippen LogP contribution in [-0.2, 0) is 18.1 Å². The van der Waals surface area contributed by atoms with Crippen molar-refractivity contribution >= 4 is 8.07 Å². The van der Waals surface area contributed by atoms with Crippen LogP contribution in [0.4, 0.5) is 0 Å². The van der Waals surface area contributed by atoms with E-state index < -0.39 is 19.3 Å². The zero-order chi connectivity index (χ0) is 13.8. The minimum atomic E-state index is -1.16. The first-order chi connectivity index (χ1) is 8.33. The van der Waals surface area contributed by atoms with Crippen molar-refractivity contribution in [2.75, 3.05) is 6.61 Å². The number of nitrogens with zero attached hydrogens (tertiary/aromatic N) is 1. The molecular formula is C11H20N2O4Si. The Hall–Kier alpha value is -1.18. The van der Waals surface area contributed by atoms with Crippen molar-refractivity contribution in [3.05, 3.63) is 32.6 Å². The predicted octanol–water partition coefficient (Wildman–Crippen LogP) is 0.341. The maximum absolute atomic E-state index is 11.5. The topological polar surface area (TPSA) is 84.3 Å². The molecule has 1 aromatic heterocycles. The first kappa shape index (κ1) is 14.9. The molecule has 6 nitrogen and oxygen atoms in total.